The van der Waals surface area contributed by atoms with Crippen molar-refractivity contribution < 1.29 is 0 Å². The van der Waals surface area contributed by atoms with Crippen LogP contribution in [-0.4, -0.2) is 41.0 Å². The van der Waals surface area contributed by atoms with Gasteiger partial charge in [-0.1, -0.05) is 6.92 Å². The Morgan fingerprint density at radius 2 is 2.00 bits per heavy atom. The lowest BCUT2D eigenvalue weighted by Crippen LogP contribution is -2.36. The number of likely N-dealkylation sites (tertiary alicyclic amines) is 1. The van der Waals surface area contributed by atoms with E-state index in [9.17, 15) is 0 Å². The second-order valence-corrected chi connectivity index (χ2v) is 4.94. The number of hydrogen-bond donors (Lipinski definition) is 1. The number of aromatic nitrogens is 2. The van der Waals surface area contributed by atoms with Crippen molar-refractivity contribution in [2.75, 3.05) is 31.5 Å². The summed E-state index contributed by atoms with van der Waals surface area (Å²) in [6.45, 7) is 8.86. The lowest BCUT2D eigenvalue weighted by atomic mass is 9.99. The van der Waals surface area contributed by atoms with Gasteiger partial charge in [0.05, 0.1) is 5.69 Å². The topological polar surface area (TPSA) is 41.1 Å². The first-order chi connectivity index (χ1) is 8.25. The molecule has 0 aromatic carbocycles. The van der Waals surface area contributed by atoms with Crippen molar-refractivity contribution in [2.24, 2.45) is 5.92 Å². The van der Waals surface area contributed by atoms with Gasteiger partial charge >= 0.3 is 0 Å². The van der Waals surface area contributed by atoms with E-state index in [4.69, 9.17) is 0 Å². The molecule has 2 rings (SSSR count). The second kappa shape index (κ2) is 5.96. The summed E-state index contributed by atoms with van der Waals surface area (Å²) in [4.78, 5) is 11.0. The molecule has 0 saturated carbocycles. The minimum atomic E-state index is 0.904. The molecular formula is C13H22N4. The van der Waals surface area contributed by atoms with Crippen LogP contribution in [0, 0.1) is 12.8 Å². The molecule has 1 N–H and O–H groups in total. The first-order valence-corrected chi connectivity index (χ1v) is 6.49. The summed E-state index contributed by atoms with van der Waals surface area (Å²) < 4.78 is 0. The van der Waals surface area contributed by atoms with Crippen LogP contribution in [0.4, 0.5) is 5.82 Å². The maximum atomic E-state index is 4.28. The largest absolute Gasteiger partial charge is 0.367 e. The monoisotopic (exact) mass is 234 g/mol. The Morgan fingerprint density at radius 3 is 2.71 bits per heavy atom. The van der Waals surface area contributed by atoms with Gasteiger partial charge in [0, 0.05) is 25.5 Å². The van der Waals surface area contributed by atoms with Gasteiger partial charge in [-0.2, -0.15) is 0 Å². The minimum absolute atomic E-state index is 0.904. The maximum absolute atomic E-state index is 4.28. The smallest absolute Gasteiger partial charge is 0.147 e. The summed E-state index contributed by atoms with van der Waals surface area (Å²) in [7, 11) is 0. The molecule has 1 aromatic heterocycles. The third-order valence-corrected chi connectivity index (χ3v) is 3.48. The zero-order chi connectivity index (χ0) is 12.1. The molecule has 0 amide bonds. The quantitative estimate of drug-likeness (QED) is 0.864. The molecule has 0 aliphatic carbocycles. The fraction of sp³-hybridized carbons (Fsp3) is 0.692. The van der Waals surface area contributed by atoms with Crippen molar-refractivity contribution in [2.45, 2.75) is 26.7 Å². The van der Waals surface area contributed by atoms with Crippen LogP contribution in [0.3, 0.4) is 0 Å². The molecule has 1 saturated heterocycles. The van der Waals surface area contributed by atoms with Crippen LogP contribution in [0.2, 0.25) is 0 Å². The Kier molecular flexibility index (Phi) is 4.31. The number of aryl methyl sites for hydroxylation is 1. The highest BCUT2D eigenvalue weighted by atomic mass is 15.1. The van der Waals surface area contributed by atoms with Gasteiger partial charge in [0.25, 0.3) is 0 Å². The van der Waals surface area contributed by atoms with Crippen LogP contribution in [0.5, 0.6) is 0 Å². The van der Waals surface area contributed by atoms with Gasteiger partial charge in [-0.25, -0.2) is 4.98 Å². The van der Waals surface area contributed by atoms with Crippen molar-refractivity contribution in [3.05, 3.63) is 18.1 Å². The predicted octanol–water partition coefficient (Wildman–Crippen LogP) is 1.93. The summed E-state index contributed by atoms with van der Waals surface area (Å²) in [6, 6.07) is 0. The van der Waals surface area contributed by atoms with Crippen LogP contribution in [0.1, 0.15) is 25.5 Å². The van der Waals surface area contributed by atoms with E-state index in [1.165, 1.54) is 25.9 Å². The molecule has 0 unspecified atom stereocenters. The van der Waals surface area contributed by atoms with Crippen molar-refractivity contribution in [3.8, 4) is 0 Å². The van der Waals surface area contributed by atoms with Crippen molar-refractivity contribution in [1.82, 2.24) is 14.9 Å². The molecule has 1 fully saturated rings. The predicted molar refractivity (Wildman–Crippen MR) is 70.1 cm³/mol. The van der Waals surface area contributed by atoms with E-state index in [1.807, 2.05) is 6.92 Å². The minimum Gasteiger partial charge on any atom is -0.367 e. The molecule has 0 spiro atoms. The fourth-order valence-electron chi connectivity index (χ4n) is 2.20. The number of nitrogens with zero attached hydrogens (tertiary/aromatic N) is 3. The summed E-state index contributed by atoms with van der Waals surface area (Å²) in [5.41, 5.74) is 0.972. The van der Waals surface area contributed by atoms with Gasteiger partial charge in [-0.15, -0.1) is 0 Å². The third kappa shape index (κ3) is 3.66. The van der Waals surface area contributed by atoms with E-state index in [0.29, 0.717) is 0 Å². The van der Waals surface area contributed by atoms with E-state index < -0.39 is 0 Å². The van der Waals surface area contributed by atoms with Gasteiger partial charge in [-0.05, 0) is 38.8 Å². The zero-order valence-corrected chi connectivity index (χ0v) is 10.8. The van der Waals surface area contributed by atoms with Crippen molar-refractivity contribution in [3.63, 3.8) is 0 Å². The molecule has 0 bridgehead atoms. The number of anilines is 1. The van der Waals surface area contributed by atoms with E-state index >= 15 is 0 Å². The SMILES string of the molecule is Cc1nccnc1NCCN1CCC(C)CC1. The molecule has 17 heavy (non-hydrogen) atoms. The molecule has 4 nitrogen and oxygen atoms in total. The molecule has 94 valence electrons. The first-order valence-electron chi connectivity index (χ1n) is 6.49. The molecular weight excluding hydrogens is 212 g/mol. The summed E-state index contributed by atoms with van der Waals surface area (Å²) >= 11 is 0. The van der Waals surface area contributed by atoms with Gasteiger partial charge in [0.2, 0.25) is 0 Å². The molecule has 1 aliphatic rings. The average Bonchev–Trinajstić information content (AvgIpc) is 2.34. The second-order valence-electron chi connectivity index (χ2n) is 4.94. The summed E-state index contributed by atoms with van der Waals surface area (Å²) in [6.07, 6.45) is 6.14. The Hall–Kier alpha value is -1.16. The zero-order valence-electron chi connectivity index (χ0n) is 10.8. The third-order valence-electron chi connectivity index (χ3n) is 3.48. The summed E-state index contributed by atoms with van der Waals surface area (Å²) in [5.74, 6) is 1.82. The molecule has 0 radical (unpaired) electrons. The van der Waals surface area contributed by atoms with Gasteiger partial charge in [0.1, 0.15) is 5.82 Å². The Bertz CT molecular complexity index is 345. The van der Waals surface area contributed by atoms with E-state index in [1.54, 1.807) is 12.4 Å². The van der Waals surface area contributed by atoms with E-state index in [0.717, 1.165) is 30.5 Å². The van der Waals surface area contributed by atoms with Gasteiger partial charge in [-0.3, -0.25) is 4.98 Å². The lowest BCUT2D eigenvalue weighted by Gasteiger charge is -2.30. The Labute approximate surface area is 103 Å². The number of hydrogen-bond acceptors (Lipinski definition) is 4. The van der Waals surface area contributed by atoms with Crippen LogP contribution >= 0.6 is 0 Å². The van der Waals surface area contributed by atoms with Crippen molar-refractivity contribution in [1.29, 1.82) is 0 Å². The van der Waals surface area contributed by atoms with Gasteiger partial charge < -0.3 is 10.2 Å². The molecule has 1 aliphatic heterocycles. The molecule has 4 heteroatoms. The number of piperidine rings is 1. The highest BCUT2D eigenvalue weighted by Gasteiger charge is 2.14. The van der Waals surface area contributed by atoms with Gasteiger partial charge in [0.15, 0.2) is 0 Å². The number of nitrogens with one attached hydrogen (secondary N) is 1. The summed E-state index contributed by atoms with van der Waals surface area (Å²) in [5, 5.41) is 3.36. The maximum Gasteiger partial charge on any atom is 0.147 e. The fourth-order valence-corrected chi connectivity index (χ4v) is 2.20. The Morgan fingerprint density at radius 1 is 1.29 bits per heavy atom. The standard InChI is InChI=1S/C13H22N4/c1-11-3-8-17(9-4-11)10-7-16-13-12(2)14-5-6-15-13/h5-6,11H,3-4,7-10H2,1-2H3,(H,15,16). The highest BCUT2D eigenvalue weighted by molar-refractivity contribution is 5.38. The van der Waals surface area contributed by atoms with Crippen LogP contribution in [0.25, 0.3) is 0 Å². The molecule has 2 heterocycles. The van der Waals surface area contributed by atoms with Crippen LogP contribution in [-0.2, 0) is 0 Å². The number of rotatable bonds is 4. The lowest BCUT2D eigenvalue weighted by molar-refractivity contribution is 0.199. The van der Waals surface area contributed by atoms with E-state index in [2.05, 4.69) is 27.1 Å². The van der Waals surface area contributed by atoms with Crippen LogP contribution < -0.4 is 5.32 Å². The van der Waals surface area contributed by atoms with Crippen LogP contribution in [0.15, 0.2) is 12.4 Å². The average molecular weight is 234 g/mol. The first kappa shape index (κ1) is 12.3. The highest BCUT2D eigenvalue weighted by Crippen LogP contribution is 2.15. The Balaban J connectivity index is 1.71. The molecule has 0 atom stereocenters. The molecule has 1 aromatic rings. The normalized spacial score (nSPS) is 18.2. The van der Waals surface area contributed by atoms with Crippen molar-refractivity contribution >= 4 is 5.82 Å². The van der Waals surface area contributed by atoms with E-state index in [-0.39, 0.29) is 0 Å².